The highest BCUT2D eigenvalue weighted by molar-refractivity contribution is 7.10. The summed E-state index contributed by atoms with van der Waals surface area (Å²) in [6.07, 6.45) is 7.49. The lowest BCUT2D eigenvalue weighted by atomic mass is 9.92. The molecule has 1 saturated carbocycles. The number of thiophene rings is 1. The van der Waals surface area contributed by atoms with Gasteiger partial charge in [-0.05, 0) is 43.2 Å². The SMILES string of the molecule is NC1CCC(NC(=O)C=Cc2cccs2)CC1. The van der Waals surface area contributed by atoms with Crippen LogP contribution in [-0.4, -0.2) is 18.0 Å². The number of amides is 1. The second kappa shape index (κ2) is 5.98. The number of nitrogens with one attached hydrogen (secondary N) is 1. The Morgan fingerprint density at radius 1 is 1.41 bits per heavy atom. The Morgan fingerprint density at radius 2 is 2.18 bits per heavy atom. The van der Waals surface area contributed by atoms with Crippen molar-refractivity contribution in [2.24, 2.45) is 5.73 Å². The number of hydrogen-bond donors (Lipinski definition) is 2. The van der Waals surface area contributed by atoms with Crippen LogP contribution in [0.15, 0.2) is 23.6 Å². The number of carbonyl (C=O) groups excluding carboxylic acids is 1. The Labute approximate surface area is 106 Å². The lowest BCUT2D eigenvalue weighted by molar-refractivity contribution is -0.117. The molecule has 0 aliphatic heterocycles. The minimum absolute atomic E-state index is 0.00104. The fourth-order valence-electron chi connectivity index (χ4n) is 2.06. The maximum Gasteiger partial charge on any atom is 0.244 e. The molecule has 0 spiro atoms. The predicted molar refractivity (Wildman–Crippen MR) is 71.7 cm³/mol. The molecule has 4 heteroatoms. The van der Waals surface area contributed by atoms with Crippen molar-refractivity contribution in [3.63, 3.8) is 0 Å². The molecule has 1 heterocycles. The van der Waals surface area contributed by atoms with Crippen LogP contribution >= 0.6 is 11.3 Å². The van der Waals surface area contributed by atoms with Crippen molar-refractivity contribution in [2.75, 3.05) is 0 Å². The van der Waals surface area contributed by atoms with Gasteiger partial charge in [0.1, 0.15) is 0 Å². The third kappa shape index (κ3) is 3.98. The predicted octanol–water partition coefficient (Wildman–Crippen LogP) is 2.15. The largest absolute Gasteiger partial charge is 0.350 e. The number of nitrogens with two attached hydrogens (primary N) is 1. The minimum Gasteiger partial charge on any atom is -0.350 e. The van der Waals surface area contributed by atoms with Gasteiger partial charge in [-0.3, -0.25) is 4.79 Å². The van der Waals surface area contributed by atoms with E-state index in [-0.39, 0.29) is 5.91 Å². The van der Waals surface area contributed by atoms with Crippen molar-refractivity contribution in [2.45, 2.75) is 37.8 Å². The Morgan fingerprint density at radius 3 is 2.82 bits per heavy atom. The summed E-state index contributed by atoms with van der Waals surface area (Å²) in [4.78, 5) is 12.8. The quantitative estimate of drug-likeness (QED) is 0.808. The minimum atomic E-state index is -0.00104. The Bertz CT molecular complexity index is 378. The monoisotopic (exact) mass is 250 g/mol. The average molecular weight is 250 g/mol. The summed E-state index contributed by atoms with van der Waals surface area (Å²) >= 11 is 1.63. The molecule has 0 aromatic carbocycles. The second-order valence-corrected chi connectivity index (χ2v) is 5.45. The maximum atomic E-state index is 11.7. The van der Waals surface area contributed by atoms with Crippen molar-refractivity contribution in [3.8, 4) is 0 Å². The van der Waals surface area contributed by atoms with Gasteiger partial charge in [0.25, 0.3) is 0 Å². The Kier molecular flexibility index (Phi) is 4.34. The lowest BCUT2D eigenvalue weighted by Gasteiger charge is -2.26. The van der Waals surface area contributed by atoms with Crippen LogP contribution in [0.2, 0.25) is 0 Å². The highest BCUT2D eigenvalue weighted by Gasteiger charge is 2.18. The fourth-order valence-corrected chi connectivity index (χ4v) is 2.67. The first kappa shape index (κ1) is 12.3. The standard InChI is InChI=1S/C13H18N2OS/c14-10-3-5-11(6-4-10)15-13(16)8-7-12-2-1-9-17-12/h1-2,7-11H,3-6,14H2,(H,15,16). The van der Waals surface area contributed by atoms with Gasteiger partial charge in [-0.1, -0.05) is 6.07 Å². The van der Waals surface area contributed by atoms with E-state index in [1.54, 1.807) is 17.4 Å². The van der Waals surface area contributed by atoms with Crippen molar-refractivity contribution in [1.29, 1.82) is 0 Å². The third-order valence-electron chi connectivity index (χ3n) is 3.06. The molecule has 0 bridgehead atoms. The molecule has 1 amide bonds. The number of hydrogen-bond acceptors (Lipinski definition) is 3. The van der Waals surface area contributed by atoms with Crippen molar-refractivity contribution in [3.05, 3.63) is 28.5 Å². The van der Waals surface area contributed by atoms with E-state index in [4.69, 9.17) is 5.73 Å². The van der Waals surface area contributed by atoms with Crippen LogP contribution in [0, 0.1) is 0 Å². The molecular formula is C13H18N2OS. The van der Waals surface area contributed by atoms with Gasteiger partial charge in [0.05, 0.1) is 0 Å². The molecule has 1 aromatic rings. The van der Waals surface area contributed by atoms with E-state index in [0.29, 0.717) is 12.1 Å². The summed E-state index contributed by atoms with van der Waals surface area (Å²) in [6, 6.07) is 4.60. The molecule has 0 unspecified atom stereocenters. The van der Waals surface area contributed by atoms with Crippen molar-refractivity contribution >= 4 is 23.3 Å². The van der Waals surface area contributed by atoms with Crippen LogP contribution in [0.4, 0.5) is 0 Å². The third-order valence-corrected chi connectivity index (χ3v) is 3.90. The normalized spacial score (nSPS) is 25.0. The van der Waals surface area contributed by atoms with Crippen LogP contribution in [-0.2, 0) is 4.79 Å². The molecule has 0 radical (unpaired) electrons. The van der Waals surface area contributed by atoms with E-state index < -0.39 is 0 Å². The molecular weight excluding hydrogens is 232 g/mol. The van der Waals surface area contributed by atoms with Gasteiger partial charge in [-0.2, -0.15) is 0 Å². The molecule has 3 nitrogen and oxygen atoms in total. The van der Waals surface area contributed by atoms with Gasteiger partial charge in [0.15, 0.2) is 0 Å². The Balaban J connectivity index is 1.77. The van der Waals surface area contributed by atoms with Crippen LogP contribution in [0.25, 0.3) is 6.08 Å². The van der Waals surface area contributed by atoms with Gasteiger partial charge >= 0.3 is 0 Å². The van der Waals surface area contributed by atoms with Gasteiger partial charge < -0.3 is 11.1 Å². The second-order valence-electron chi connectivity index (χ2n) is 4.47. The lowest BCUT2D eigenvalue weighted by Crippen LogP contribution is -2.39. The van der Waals surface area contributed by atoms with Crippen LogP contribution in [0.3, 0.4) is 0 Å². The number of rotatable bonds is 3. The van der Waals surface area contributed by atoms with E-state index in [1.165, 1.54) is 0 Å². The van der Waals surface area contributed by atoms with E-state index in [9.17, 15) is 4.79 Å². The molecule has 0 saturated heterocycles. The summed E-state index contributed by atoms with van der Waals surface area (Å²) in [5, 5.41) is 5.03. The number of carbonyl (C=O) groups is 1. The summed E-state index contributed by atoms with van der Waals surface area (Å²) < 4.78 is 0. The zero-order chi connectivity index (χ0) is 12.1. The molecule has 17 heavy (non-hydrogen) atoms. The molecule has 1 fully saturated rings. The van der Waals surface area contributed by atoms with E-state index in [0.717, 1.165) is 30.6 Å². The smallest absolute Gasteiger partial charge is 0.244 e. The van der Waals surface area contributed by atoms with Crippen LogP contribution in [0.1, 0.15) is 30.6 Å². The van der Waals surface area contributed by atoms with Crippen molar-refractivity contribution < 1.29 is 4.79 Å². The highest BCUT2D eigenvalue weighted by atomic mass is 32.1. The van der Waals surface area contributed by atoms with Crippen LogP contribution < -0.4 is 11.1 Å². The van der Waals surface area contributed by atoms with Gasteiger partial charge in [-0.25, -0.2) is 0 Å². The van der Waals surface area contributed by atoms with E-state index in [2.05, 4.69) is 5.32 Å². The van der Waals surface area contributed by atoms with Crippen molar-refractivity contribution in [1.82, 2.24) is 5.32 Å². The van der Waals surface area contributed by atoms with Gasteiger partial charge in [-0.15, -0.1) is 11.3 Å². The molecule has 2 rings (SSSR count). The van der Waals surface area contributed by atoms with E-state index in [1.807, 2.05) is 23.6 Å². The average Bonchev–Trinajstić information content (AvgIpc) is 2.83. The summed E-state index contributed by atoms with van der Waals surface area (Å²) in [5.74, 6) is -0.00104. The zero-order valence-corrected chi connectivity index (χ0v) is 10.6. The first-order valence-electron chi connectivity index (χ1n) is 6.01. The first-order chi connectivity index (χ1) is 8.24. The molecule has 1 aromatic heterocycles. The molecule has 92 valence electrons. The summed E-state index contributed by atoms with van der Waals surface area (Å²) in [7, 11) is 0. The van der Waals surface area contributed by atoms with Gasteiger partial charge in [0.2, 0.25) is 5.91 Å². The first-order valence-corrected chi connectivity index (χ1v) is 6.89. The Hall–Kier alpha value is -1.13. The maximum absolute atomic E-state index is 11.7. The molecule has 1 aliphatic rings. The van der Waals surface area contributed by atoms with Gasteiger partial charge in [0, 0.05) is 23.0 Å². The fraction of sp³-hybridized carbons (Fsp3) is 0.462. The molecule has 0 atom stereocenters. The van der Waals surface area contributed by atoms with E-state index >= 15 is 0 Å². The topological polar surface area (TPSA) is 55.1 Å². The zero-order valence-electron chi connectivity index (χ0n) is 9.76. The highest BCUT2D eigenvalue weighted by Crippen LogP contribution is 2.17. The molecule has 3 N–H and O–H groups in total. The van der Waals surface area contributed by atoms with Crippen LogP contribution in [0.5, 0.6) is 0 Å². The summed E-state index contributed by atoms with van der Waals surface area (Å²) in [5.41, 5.74) is 5.83. The molecule has 1 aliphatic carbocycles. The summed E-state index contributed by atoms with van der Waals surface area (Å²) in [6.45, 7) is 0.